The summed E-state index contributed by atoms with van der Waals surface area (Å²) < 4.78 is 33.5. The number of ketones is 1. The largest absolute Gasteiger partial charge is 0.487 e. The number of hydrogen-bond acceptors (Lipinski definition) is 5. The summed E-state index contributed by atoms with van der Waals surface area (Å²) in [4.78, 5) is 11.6. The fraction of sp³-hybridized carbons (Fsp3) is 0.462. The Labute approximate surface area is 112 Å². The Balaban J connectivity index is 2.03. The van der Waals surface area contributed by atoms with Crippen LogP contribution in [0.4, 0.5) is 0 Å². The average molecular weight is 284 g/mol. The van der Waals surface area contributed by atoms with Crippen LogP contribution in [-0.2, 0) is 19.4 Å². The van der Waals surface area contributed by atoms with E-state index in [1.165, 1.54) is 12.1 Å². The van der Waals surface area contributed by atoms with E-state index in [0.717, 1.165) is 6.26 Å². The van der Waals surface area contributed by atoms with Crippen LogP contribution in [0.25, 0.3) is 0 Å². The molecule has 104 valence electrons. The molecule has 1 aliphatic rings. The highest BCUT2D eigenvalue weighted by atomic mass is 32.2. The zero-order chi connectivity index (χ0) is 14.0. The van der Waals surface area contributed by atoms with Gasteiger partial charge >= 0.3 is 0 Å². The number of carbonyl (C=O) groups excluding carboxylic acids is 1. The first-order chi connectivity index (χ1) is 8.91. The average Bonchev–Trinajstić information content (AvgIpc) is 2.35. The van der Waals surface area contributed by atoms with Crippen LogP contribution in [0.15, 0.2) is 29.2 Å². The molecule has 0 spiro atoms. The minimum atomic E-state index is -3.20. The van der Waals surface area contributed by atoms with E-state index in [-0.39, 0.29) is 16.8 Å². The molecule has 1 fully saturated rings. The smallest absolute Gasteiger partial charge is 0.175 e. The molecule has 6 heteroatoms. The minimum absolute atomic E-state index is 0.0413. The molecule has 0 aromatic heterocycles. The van der Waals surface area contributed by atoms with Gasteiger partial charge in [-0.2, -0.15) is 0 Å². The zero-order valence-electron chi connectivity index (χ0n) is 10.8. The molecule has 2 unspecified atom stereocenters. The lowest BCUT2D eigenvalue weighted by Gasteiger charge is -2.34. The molecule has 19 heavy (non-hydrogen) atoms. The van der Waals surface area contributed by atoms with E-state index >= 15 is 0 Å². The lowest BCUT2D eigenvalue weighted by molar-refractivity contribution is -0.154. The number of sulfone groups is 1. The predicted molar refractivity (Wildman–Crippen MR) is 69.0 cm³/mol. The van der Waals surface area contributed by atoms with Crippen LogP contribution >= 0.6 is 0 Å². The van der Waals surface area contributed by atoms with Crippen molar-refractivity contribution in [1.82, 2.24) is 0 Å². The van der Waals surface area contributed by atoms with Gasteiger partial charge in [0, 0.05) is 19.3 Å². The van der Waals surface area contributed by atoms with Crippen molar-refractivity contribution in [3.8, 4) is 5.75 Å². The second kappa shape index (κ2) is 5.30. The van der Waals surface area contributed by atoms with Gasteiger partial charge in [0.05, 0.1) is 4.90 Å². The predicted octanol–water partition coefficient (Wildman–Crippen LogP) is 1.22. The summed E-state index contributed by atoms with van der Waals surface area (Å²) in [5, 5.41) is 0. The lowest BCUT2D eigenvalue weighted by Crippen LogP contribution is -2.52. The Kier molecular flexibility index (Phi) is 3.91. The molecule has 2 atom stereocenters. The molecule has 1 aromatic carbocycles. The second-order valence-electron chi connectivity index (χ2n) is 4.45. The Hall–Kier alpha value is -1.40. The van der Waals surface area contributed by atoms with Crippen LogP contribution in [0, 0.1) is 0 Å². The summed E-state index contributed by atoms with van der Waals surface area (Å²) in [5.41, 5.74) is 0. The Morgan fingerprint density at radius 2 is 1.89 bits per heavy atom. The van der Waals surface area contributed by atoms with Crippen molar-refractivity contribution in [2.45, 2.75) is 30.4 Å². The van der Waals surface area contributed by atoms with Crippen LogP contribution in [0.3, 0.4) is 0 Å². The van der Waals surface area contributed by atoms with Crippen LogP contribution in [0.2, 0.25) is 0 Å². The molecule has 0 saturated heterocycles. The molecule has 0 amide bonds. The van der Waals surface area contributed by atoms with Crippen molar-refractivity contribution in [3.05, 3.63) is 24.3 Å². The van der Waals surface area contributed by atoms with Crippen LogP contribution in [0.5, 0.6) is 5.75 Å². The maximum absolute atomic E-state index is 11.3. The molecule has 0 heterocycles. The normalized spacial score (nSPS) is 22.9. The molecule has 0 radical (unpaired) electrons. The summed E-state index contributed by atoms with van der Waals surface area (Å²) in [6.07, 6.45) is 0.702. The fourth-order valence-electron chi connectivity index (χ4n) is 1.89. The first kappa shape index (κ1) is 14.0. The number of carbonyl (C=O) groups is 1. The number of hydrogen-bond donors (Lipinski definition) is 0. The summed E-state index contributed by atoms with van der Waals surface area (Å²) in [6, 6.07) is 6.14. The van der Waals surface area contributed by atoms with Gasteiger partial charge in [-0.25, -0.2) is 8.42 Å². The van der Waals surface area contributed by atoms with Crippen LogP contribution in [-0.4, -0.2) is 39.3 Å². The van der Waals surface area contributed by atoms with E-state index in [4.69, 9.17) is 9.47 Å². The molecule has 1 saturated carbocycles. The first-order valence-electron chi connectivity index (χ1n) is 6.03. The quantitative estimate of drug-likeness (QED) is 0.813. The van der Waals surface area contributed by atoms with Gasteiger partial charge in [0.15, 0.2) is 21.7 Å². The molecule has 5 nitrogen and oxygen atoms in total. The number of ether oxygens (including phenoxy) is 2. The Bertz CT molecular complexity index is 561. The second-order valence-corrected chi connectivity index (χ2v) is 6.46. The van der Waals surface area contributed by atoms with Crippen molar-refractivity contribution in [2.24, 2.45) is 0 Å². The van der Waals surface area contributed by atoms with Crippen molar-refractivity contribution in [3.63, 3.8) is 0 Å². The van der Waals surface area contributed by atoms with Gasteiger partial charge in [-0.15, -0.1) is 0 Å². The molecular formula is C13H16O5S. The SMILES string of the molecule is CCOC1C(=O)CC1Oc1ccc(S(C)(=O)=O)cc1. The van der Waals surface area contributed by atoms with E-state index in [2.05, 4.69) is 0 Å². The first-order valence-corrected chi connectivity index (χ1v) is 7.92. The summed E-state index contributed by atoms with van der Waals surface area (Å²) in [7, 11) is -3.20. The van der Waals surface area contributed by atoms with E-state index in [1.54, 1.807) is 12.1 Å². The molecule has 0 aliphatic heterocycles. The summed E-state index contributed by atoms with van der Waals surface area (Å²) >= 11 is 0. The lowest BCUT2D eigenvalue weighted by atomic mass is 9.90. The van der Waals surface area contributed by atoms with Gasteiger partial charge < -0.3 is 9.47 Å². The van der Waals surface area contributed by atoms with Crippen molar-refractivity contribution in [1.29, 1.82) is 0 Å². The van der Waals surface area contributed by atoms with E-state index in [0.29, 0.717) is 18.8 Å². The molecular weight excluding hydrogens is 268 g/mol. The minimum Gasteiger partial charge on any atom is -0.487 e. The number of benzene rings is 1. The van der Waals surface area contributed by atoms with E-state index in [1.807, 2.05) is 6.92 Å². The molecule has 0 bridgehead atoms. The van der Waals surface area contributed by atoms with Gasteiger partial charge in [0.25, 0.3) is 0 Å². The van der Waals surface area contributed by atoms with Crippen LogP contribution in [0.1, 0.15) is 13.3 Å². The monoisotopic (exact) mass is 284 g/mol. The van der Waals surface area contributed by atoms with E-state index in [9.17, 15) is 13.2 Å². The Morgan fingerprint density at radius 3 is 2.37 bits per heavy atom. The molecule has 2 rings (SSSR count). The highest BCUT2D eigenvalue weighted by molar-refractivity contribution is 7.90. The third-order valence-electron chi connectivity index (χ3n) is 2.94. The molecule has 1 aromatic rings. The molecule has 1 aliphatic carbocycles. The number of rotatable bonds is 5. The fourth-order valence-corrected chi connectivity index (χ4v) is 2.52. The van der Waals surface area contributed by atoms with E-state index < -0.39 is 15.9 Å². The van der Waals surface area contributed by atoms with Gasteiger partial charge in [-0.3, -0.25) is 4.79 Å². The Morgan fingerprint density at radius 1 is 1.26 bits per heavy atom. The standard InChI is InChI=1S/C13H16O5S/c1-3-17-13-11(14)8-12(13)18-9-4-6-10(7-5-9)19(2,15)16/h4-7,12-13H,3,8H2,1-2H3. The van der Waals surface area contributed by atoms with Gasteiger partial charge in [-0.1, -0.05) is 0 Å². The molecule has 0 N–H and O–H groups in total. The van der Waals surface area contributed by atoms with Crippen molar-refractivity contribution < 1.29 is 22.7 Å². The van der Waals surface area contributed by atoms with Crippen molar-refractivity contribution in [2.75, 3.05) is 12.9 Å². The maximum Gasteiger partial charge on any atom is 0.175 e. The number of Topliss-reactive ketones (excluding diaryl/α,β-unsaturated/α-hetero) is 1. The van der Waals surface area contributed by atoms with Gasteiger partial charge in [-0.05, 0) is 31.2 Å². The van der Waals surface area contributed by atoms with Crippen LogP contribution < -0.4 is 4.74 Å². The third kappa shape index (κ3) is 3.13. The van der Waals surface area contributed by atoms with Crippen molar-refractivity contribution >= 4 is 15.6 Å². The van der Waals surface area contributed by atoms with Gasteiger partial charge in [0.1, 0.15) is 11.9 Å². The maximum atomic E-state index is 11.3. The highest BCUT2D eigenvalue weighted by Crippen LogP contribution is 2.26. The highest BCUT2D eigenvalue weighted by Gasteiger charge is 2.42. The third-order valence-corrected chi connectivity index (χ3v) is 4.07. The summed E-state index contributed by atoms with van der Waals surface area (Å²) in [5.74, 6) is 0.578. The topological polar surface area (TPSA) is 69.7 Å². The zero-order valence-corrected chi connectivity index (χ0v) is 11.6. The van der Waals surface area contributed by atoms with Gasteiger partial charge in [0.2, 0.25) is 0 Å². The summed E-state index contributed by atoms with van der Waals surface area (Å²) in [6.45, 7) is 2.28.